The summed E-state index contributed by atoms with van der Waals surface area (Å²) in [5, 5.41) is 4.91. The Morgan fingerprint density at radius 1 is 1.19 bits per heavy atom. The summed E-state index contributed by atoms with van der Waals surface area (Å²) in [6.07, 6.45) is 0.964. The highest BCUT2D eigenvalue weighted by Gasteiger charge is 2.20. The van der Waals surface area contributed by atoms with Crippen molar-refractivity contribution in [2.24, 2.45) is 0 Å². The average molecular weight is 322 g/mol. The van der Waals surface area contributed by atoms with Crippen LogP contribution in [0.4, 0.5) is 0 Å². The Labute approximate surface area is 135 Å². The van der Waals surface area contributed by atoms with Crippen LogP contribution in [0, 0.1) is 0 Å². The zero-order valence-electron chi connectivity index (χ0n) is 11.8. The number of fused-ring (bicyclic) bond motifs is 1. The van der Waals surface area contributed by atoms with E-state index in [1.54, 1.807) is 0 Å². The molecule has 0 aliphatic carbocycles. The van der Waals surface area contributed by atoms with Gasteiger partial charge in [-0.25, -0.2) is 0 Å². The SMILES string of the molecule is CCNC(c1ccc2c(c1)CCO2)c1cc(Cl)ccc1Cl. The second-order valence-electron chi connectivity index (χ2n) is 5.12. The number of rotatable bonds is 4. The van der Waals surface area contributed by atoms with Gasteiger partial charge in [-0.15, -0.1) is 0 Å². The molecule has 2 aromatic rings. The van der Waals surface area contributed by atoms with E-state index >= 15 is 0 Å². The fourth-order valence-corrected chi connectivity index (χ4v) is 3.14. The number of benzene rings is 2. The van der Waals surface area contributed by atoms with Crippen LogP contribution in [-0.2, 0) is 6.42 Å². The molecule has 0 amide bonds. The Kier molecular flexibility index (Phi) is 4.39. The third-order valence-electron chi connectivity index (χ3n) is 3.72. The van der Waals surface area contributed by atoms with Gasteiger partial charge in [-0.3, -0.25) is 0 Å². The first kappa shape index (κ1) is 14.7. The minimum Gasteiger partial charge on any atom is -0.493 e. The van der Waals surface area contributed by atoms with Crippen LogP contribution in [0.25, 0.3) is 0 Å². The van der Waals surface area contributed by atoms with Crippen LogP contribution in [0.3, 0.4) is 0 Å². The Hall–Kier alpha value is -1.22. The van der Waals surface area contributed by atoms with Crippen molar-refractivity contribution < 1.29 is 4.74 Å². The lowest BCUT2D eigenvalue weighted by Crippen LogP contribution is -2.22. The molecule has 0 bridgehead atoms. The average Bonchev–Trinajstić information content (AvgIpc) is 2.95. The zero-order chi connectivity index (χ0) is 14.8. The maximum absolute atomic E-state index is 6.37. The predicted molar refractivity (Wildman–Crippen MR) is 87.6 cm³/mol. The summed E-state index contributed by atoms with van der Waals surface area (Å²) in [6.45, 7) is 3.70. The van der Waals surface area contributed by atoms with Crippen LogP contribution in [-0.4, -0.2) is 13.2 Å². The molecule has 1 aliphatic heterocycles. The van der Waals surface area contributed by atoms with Crippen LogP contribution < -0.4 is 10.1 Å². The molecule has 0 aromatic heterocycles. The van der Waals surface area contributed by atoms with Gasteiger partial charge in [-0.2, -0.15) is 0 Å². The van der Waals surface area contributed by atoms with Crippen molar-refractivity contribution in [1.82, 2.24) is 5.32 Å². The van der Waals surface area contributed by atoms with E-state index in [4.69, 9.17) is 27.9 Å². The highest BCUT2D eigenvalue weighted by Crippen LogP contribution is 2.34. The second-order valence-corrected chi connectivity index (χ2v) is 5.97. The standard InChI is InChI=1S/C17H17Cl2NO/c1-2-20-17(14-10-13(18)4-5-15(14)19)12-3-6-16-11(9-12)7-8-21-16/h3-6,9-10,17,20H,2,7-8H2,1H3. The topological polar surface area (TPSA) is 21.3 Å². The van der Waals surface area contributed by atoms with Gasteiger partial charge in [0.15, 0.2) is 0 Å². The van der Waals surface area contributed by atoms with Crippen molar-refractivity contribution >= 4 is 23.2 Å². The van der Waals surface area contributed by atoms with Crippen LogP contribution in [0.15, 0.2) is 36.4 Å². The molecule has 4 heteroatoms. The summed E-state index contributed by atoms with van der Waals surface area (Å²) in [5.74, 6) is 0.992. The predicted octanol–water partition coefficient (Wildman–Crippen LogP) is 4.63. The second kappa shape index (κ2) is 6.27. The minimum absolute atomic E-state index is 0.0344. The first-order valence-corrected chi connectivity index (χ1v) is 7.88. The molecule has 1 atom stereocenters. The molecule has 1 heterocycles. The van der Waals surface area contributed by atoms with Gasteiger partial charge >= 0.3 is 0 Å². The normalized spacial score (nSPS) is 14.6. The smallest absolute Gasteiger partial charge is 0.122 e. The lowest BCUT2D eigenvalue weighted by Gasteiger charge is -2.21. The van der Waals surface area contributed by atoms with E-state index in [0.717, 1.165) is 35.9 Å². The Morgan fingerprint density at radius 3 is 2.86 bits per heavy atom. The highest BCUT2D eigenvalue weighted by molar-refractivity contribution is 6.33. The molecule has 3 rings (SSSR count). The summed E-state index contributed by atoms with van der Waals surface area (Å²) < 4.78 is 5.57. The molecule has 0 radical (unpaired) electrons. The number of nitrogens with one attached hydrogen (secondary N) is 1. The van der Waals surface area contributed by atoms with Crippen molar-refractivity contribution in [2.45, 2.75) is 19.4 Å². The molecule has 0 fully saturated rings. The Morgan fingerprint density at radius 2 is 2.05 bits per heavy atom. The molecule has 1 unspecified atom stereocenters. The van der Waals surface area contributed by atoms with E-state index in [-0.39, 0.29) is 6.04 Å². The molecule has 110 valence electrons. The fraction of sp³-hybridized carbons (Fsp3) is 0.294. The molecular weight excluding hydrogens is 305 g/mol. The molecule has 0 spiro atoms. The third kappa shape index (κ3) is 3.03. The van der Waals surface area contributed by atoms with Crippen LogP contribution in [0.2, 0.25) is 10.0 Å². The number of hydrogen-bond donors (Lipinski definition) is 1. The lowest BCUT2D eigenvalue weighted by molar-refractivity contribution is 0.357. The van der Waals surface area contributed by atoms with Crippen molar-refractivity contribution in [3.05, 3.63) is 63.1 Å². The summed E-state index contributed by atoms with van der Waals surface area (Å²) >= 11 is 12.5. The van der Waals surface area contributed by atoms with Gasteiger partial charge in [-0.05, 0) is 47.5 Å². The van der Waals surface area contributed by atoms with Crippen molar-refractivity contribution in [3.63, 3.8) is 0 Å². The number of halogens is 2. The number of ether oxygens (including phenoxy) is 1. The first-order valence-electron chi connectivity index (χ1n) is 7.13. The highest BCUT2D eigenvalue weighted by atomic mass is 35.5. The summed E-state index contributed by atoms with van der Waals surface area (Å²) in [4.78, 5) is 0. The molecule has 2 nitrogen and oxygen atoms in total. The maximum atomic E-state index is 6.37. The monoisotopic (exact) mass is 321 g/mol. The number of hydrogen-bond acceptors (Lipinski definition) is 2. The largest absolute Gasteiger partial charge is 0.493 e. The van der Waals surface area contributed by atoms with Gasteiger partial charge in [0.25, 0.3) is 0 Å². The van der Waals surface area contributed by atoms with Gasteiger partial charge in [-0.1, -0.05) is 42.3 Å². The summed E-state index contributed by atoms with van der Waals surface area (Å²) in [5.41, 5.74) is 3.45. The Balaban J connectivity index is 2.03. The molecule has 2 aromatic carbocycles. The van der Waals surface area contributed by atoms with Gasteiger partial charge in [0.05, 0.1) is 12.6 Å². The fourth-order valence-electron chi connectivity index (χ4n) is 2.73. The summed E-state index contributed by atoms with van der Waals surface area (Å²) in [7, 11) is 0. The van der Waals surface area contributed by atoms with Crippen molar-refractivity contribution in [2.75, 3.05) is 13.2 Å². The van der Waals surface area contributed by atoms with E-state index < -0.39 is 0 Å². The van der Waals surface area contributed by atoms with Gasteiger partial charge in [0, 0.05) is 16.5 Å². The van der Waals surface area contributed by atoms with Crippen molar-refractivity contribution in [1.29, 1.82) is 0 Å². The van der Waals surface area contributed by atoms with Gasteiger partial charge < -0.3 is 10.1 Å². The first-order chi connectivity index (χ1) is 10.2. The van der Waals surface area contributed by atoms with Gasteiger partial charge in [0.2, 0.25) is 0 Å². The van der Waals surface area contributed by atoms with Crippen LogP contribution in [0.1, 0.15) is 29.7 Å². The minimum atomic E-state index is 0.0344. The van der Waals surface area contributed by atoms with E-state index in [9.17, 15) is 0 Å². The molecule has 1 aliphatic rings. The third-order valence-corrected chi connectivity index (χ3v) is 4.30. The van der Waals surface area contributed by atoms with Crippen LogP contribution in [0.5, 0.6) is 5.75 Å². The molecule has 21 heavy (non-hydrogen) atoms. The molecule has 1 N–H and O–H groups in total. The zero-order valence-corrected chi connectivity index (χ0v) is 13.3. The van der Waals surface area contributed by atoms with Gasteiger partial charge in [0.1, 0.15) is 5.75 Å². The molecule has 0 saturated heterocycles. The quantitative estimate of drug-likeness (QED) is 0.886. The lowest BCUT2D eigenvalue weighted by atomic mass is 9.96. The van der Waals surface area contributed by atoms with E-state index in [1.807, 2.05) is 24.3 Å². The maximum Gasteiger partial charge on any atom is 0.122 e. The summed E-state index contributed by atoms with van der Waals surface area (Å²) in [6, 6.07) is 12.0. The molecule has 0 saturated carbocycles. The van der Waals surface area contributed by atoms with Crippen molar-refractivity contribution in [3.8, 4) is 5.75 Å². The molecular formula is C17H17Cl2NO. The Bertz CT molecular complexity index is 657. The van der Waals surface area contributed by atoms with E-state index in [1.165, 1.54) is 11.1 Å². The van der Waals surface area contributed by atoms with Crippen LogP contribution >= 0.6 is 23.2 Å². The van der Waals surface area contributed by atoms with E-state index in [0.29, 0.717) is 5.02 Å². The van der Waals surface area contributed by atoms with E-state index in [2.05, 4.69) is 24.4 Å².